The third kappa shape index (κ3) is 11.6. The highest BCUT2D eigenvalue weighted by molar-refractivity contribution is 7.80. The van der Waals surface area contributed by atoms with E-state index in [1.54, 1.807) is 0 Å². The third-order valence-electron chi connectivity index (χ3n) is 3.42. The van der Waals surface area contributed by atoms with Gasteiger partial charge in [-0.05, 0) is 53.4 Å². The number of rotatable bonds is 11. The molecule has 0 saturated carbocycles. The highest BCUT2D eigenvalue weighted by Gasteiger charge is 2.12. The van der Waals surface area contributed by atoms with Gasteiger partial charge in [-0.25, -0.2) is 0 Å². The quantitative estimate of drug-likeness (QED) is 0.390. The van der Waals surface area contributed by atoms with Gasteiger partial charge >= 0.3 is 5.97 Å². The highest BCUT2D eigenvalue weighted by Crippen LogP contribution is 2.11. The molecule has 0 aromatic carbocycles. The molecule has 0 aliphatic heterocycles. The Bertz CT molecular complexity index is 421. The second kappa shape index (κ2) is 12.5. The molecule has 0 bridgehead atoms. The molecule has 22 heavy (non-hydrogen) atoms. The molecule has 4 heteroatoms. The Kier molecular flexibility index (Phi) is 12.0. The molecule has 0 spiro atoms. The van der Waals surface area contributed by atoms with Crippen LogP contribution in [0.1, 0.15) is 53.4 Å². The van der Waals surface area contributed by atoms with Crippen LogP contribution < -0.4 is 5.32 Å². The van der Waals surface area contributed by atoms with Crippen molar-refractivity contribution < 1.29 is 9.90 Å². The van der Waals surface area contributed by atoms with E-state index in [4.69, 9.17) is 5.11 Å². The van der Waals surface area contributed by atoms with Gasteiger partial charge in [-0.1, -0.05) is 34.9 Å². The molecule has 0 radical (unpaired) electrons. The van der Waals surface area contributed by atoms with E-state index in [-0.39, 0.29) is 0 Å². The highest BCUT2D eigenvalue weighted by atomic mass is 32.1. The predicted molar refractivity (Wildman–Crippen MR) is 98.7 cm³/mol. The summed E-state index contributed by atoms with van der Waals surface area (Å²) in [4.78, 5) is 10.8. The fraction of sp³-hybridized carbons (Fsp3) is 0.611. The monoisotopic (exact) mass is 325 g/mol. The fourth-order valence-corrected chi connectivity index (χ4v) is 2.23. The van der Waals surface area contributed by atoms with E-state index in [0.717, 1.165) is 25.7 Å². The number of carboxylic acids is 1. The Morgan fingerprint density at radius 3 is 2.09 bits per heavy atom. The molecule has 0 fully saturated rings. The zero-order valence-corrected chi connectivity index (χ0v) is 15.2. The second-order valence-corrected chi connectivity index (χ2v) is 6.31. The maximum atomic E-state index is 10.8. The molecule has 0 heterocycles. The number of carboxylic acid groups (broad SMARTS) is 1. The molecule has 0 unspecified atom stereocenters. The van der Waals surface area contributed by atoms with Crippen molar-refractivity contribution in [1.82, 2.24) is 5.32 Å². The Morgan fingerprint density at radius 2 is 1.59 bits per heavy atom. The zero-order valence-electron chi connectivity index (χ0n) is 14.4. The fourth-order valence-electron chi connectivity index (χ4n) is 1.94. The van der Waals surface area contributed by atoms with Crippen LogP contribution in [0.5, 0.6) is 0 Å². The summed E-state index contributed by atoms with van der Waals surface area (Å²) >= 11 is 4.02. The van der Waals surface area contributed by atoms with Crippen LogP contribution in [-0.2, 0) is 4.79 Å². The van der Waals surface area contributed by atoms with Crippen LogP contribution in [-0.4, -0.2) is 29.4 Å². The largest absolute Gasteiger partial charge is 0.480 e. The molecule has 0 aromatic heterocycles. The van der Waals surface area contributed by atoms with Gasteiger partial charge < -0.3 is 10.4 Å². The maximum Gasteiger partial charge on any atom is 0.321 e. The van der Waals surface area contributed by atoms with Gasteiger partial charge in [-0.3, -0.25) is 4.79 Å². The molecule has 3 nitrogen and oxygen atoms in total. The van der Waals surface area contributed by atoms with E-state index in [1.165, 1.54) is 16.7 Å². The van der Waals surface area contributed by atoms with Gasteiger partial charge in [0.2, 0.25) is 0 Å². The topological polar surface area (TPSA) is 49.3 Å². The number of thiol groups is 1. The molecule has 0 amide bonds. The molecule has 0 aliphatic rings. The Labute approximate surface area is 141 Å². The molecule has 1 atom stereocenters. The minimum atomic E-state index is -0.851. The second-order valence-electron chi connectivity index (χ2n) is 5.94. The van der Waals surface area contributed by atoms with Crippen LogP contribution in [0.3, 0.4) is 0 Å². The summed E-state index contributed by atoms with van der Waals surface area (Å²) in [5.41, 5.74) is 4.09. The van der Waals surface area contributed by atoms with Gasteiger partial charge in [0.15, 0.2) is 0 Å². The predicted octanol–water partition coefficient (Wildman–Crippen LogP) is 4.38. The van der Waals surface area contributed by atoms with E-state index < -0.39 is 12.0 Å². The van der Waals surface area contributed by atoms with Crippen LogP contribution in [0.2, 0.25) is 0 Å². The van der Waals surface area contributed by atoms with Crippen LogP contribution in [0.15, 0.2) is 34.9 Å². The van der Waals surface area contributed by atoms with Crippen LogP contribution >= 0.6 is 12.6 Å². The van der Waals surface area contributed by atoms with Crippen molar-refractivity contribution in [2.24, 2.45) is 0 Å². The summed E-state index contributed by atoms with van der Waals surface area (Å²) in [5.74, 6) is -0.550. The first-order chi connectivity index (χ1) is 10.4. The Morgan fingerprint density at radius 1 is 1.05 bits per heavy atom. The lowest BCUT2D eigenvalue weighted by atomic mass is 10.1. The maximum absolute atomic E-state index is 10.8. The molecule has 0 aliphatic carbocycles. The molecular weight excluding hydrogens is 294 g/mol. The van der Waals surface area contributed by atoms with E-state index in [2.05, 4.69) is 63.9 Å². The van der Waals surface area contributed by atoms with Crippen LogP contribution in [0, 0.1) is 0 Å². The number of hydrogen-bond donors (Lipinski definition) is 3. The van der Waals surface area contributed by atoms with Crippen molar-refractivity contribution in [3.05, 3.63) is 34.9 Å². The number of aliphatic carboxylic acids is 1. The zero-order chi connectivity index (χ0) is 17.0. The van der Waals surface area contributed by atoms with E-state index >= 15 is 0 Å². The van der Waals surface area contributed by atoms with Crippen molar-refractivity contribution in [2.45, 2.75) is 59.4 Å². The summed E-state index contributed by atoms with van der Waals surface area (Å²) in [6.07, 6.45) is 10.9. The van der Waals surface area contributed by atoms with Gasteiger partial charge in [0, 0.05) is 12.3 Å². The number of nitrogens with one attached hydrogen (secondary N) is 1. The van der Waals surface area contributed by atoms with E-state index in [9.17, 15) is 4.79 Å². The van der Waals surface area contributed by atoms with Crippen molar-refractivity contribution in [2.75, 3.05) is 12.3 Å². The first-order valence-corrected chi connectivity index (χ1v) is 8.51. The number of hydrogen-bond acceptors (Lipinski definition) is 3. The summed E-state index contributed by atoms with van der Waals surface area (Å²) in [6.45, 7) is 9.11. The molecule has 0 rings (SSSR count). The van der Waals surface area contributed by atoms with Crippen molar-refractivity contribution in [1.29, 1.82) is 0 Å². The minimum Gasteiger partial charge on any atom is -0.480 e. The lowest BCUT2D eigenvalue weighted by Crippen LogP contribution is -2.38. The van der Waals surface area contributed by atoms with E-state index in [1.807, 2.05) is 0 Å². The Hall–Kier alpha value is -1.00. The molecule has 0 saturated heterocycles. The minimum absolute atomic E-state index is 0.301. The summed E-state index contributed by atoms with van der Waals surface area (Å²) in [7, 11) is 0. The first-order valence-electron chi connectivity index (χ1n) is 7.88. The normalized spacial score (nSPS) is 13.9. The van der Waals surface area contributed by atoms with Gasteiger partial charge in [0.1, 0.15) is 6.04 Å². The smallest absolute Gasteiger partial charge is 0.321 e. The SMILES string of the molecule is CC(C)=CCCC(C)=CCCC(C)=CCN[C@@H](CS)C(=O)O. The standard InChI is InChI=1S/C18H31NO2S/c1-14(2)7-5-8-15(3)9-6-10-16(4)11-12-19-17(13-22)18(20)21/h7,9,11,17,19,22H,5-6,8,10,12-13H2,1-4H3,(H,20,21)/t17-/m0/s1. The van der Waals surface area contributed by atoms with Crippen molar-refractivity contribution in [3.63, 3.8) is 0 Å². The van der Waals surface area contributed by atoms with Gasteiger partial charge in [0.05, 0.1) is 0 Å². The third-order valence-corrected chi connectivity index (χ3v) is 3.78. The first kappa shape index (κ1) is 21.0. The van der Waals surface area contributed by atoms with Crippen molar-refractivity contribution in [3.8, 4) is 0 Å². The van der Waals surface area contributed by atoms with Gasteiger partial charge in [-0.15, -0.1) is 0 Å². The van der Waals surface area contributed by atoms with Crippen LogP contribution in [0.25, 0.3) is 0 Å². The summed E-state index contributed by atoms with van der Waals surface area (Å²) < 4.78 is 0. The van der Waals surface area contributed by atoms with E-state index in [0.29, 0.717) is 12.3 Å². The average molecular weight is 326 g/mol. The molecule has 2 N–H and O–H groups in total. The summed E-state index contributed by atoms with van der Waals surface area (Å²) in [5, 5.41) is 11.9. The lowest BCUT2D eigenvalue weighted by Gasteiger charge is -2.10. The van der Waals surface area contributed by atoms with Gasteiger partial charge in [-0.2, -0.15) is 12.6 Å². The van der Waals surface area contributed by atoms with Gasteiger partial charge in [0.25, 0.3) is 0 Å². The molecular formula is C18H31NO2S. The number of carbonyl (C=O) groups is 1. The molecule has 126 valence electrons. The lowest BCUT2D eigenvalue weighted by molar-refractivity contribution is -0.138. The summed E-state index contributed by atoms with van der Waals surface area (Å²) in [6, 6.07) is -0.579. The Balaban J connectivity index is 4.01. The number of allylic oxidation sites excluding steroid dienone is 5. The van der Waals surface area contributed by atoms with Crippen molar-refractivity contribution >= 4 is 18.6 Å². The molecule has 0 aromatic rings. The van der Waals surface area contributed by atoms with Crippen LogP contribution in [0.4, 0.5) is 0 Å². The average Bonchev–Trinajstić information content (AvgIpc) is 2.42.